The van der Waals surface area contributed by atoms with E-state index in [2.05, 4.69) is 29.8 Å². The predicted molar refractivity (Wildman–Crippen MR) is 74.1 cm³/mol. The van der Waals surface area contributed by atoms with Crippen LogP contribution in [0.1, 0.15) is 32.8 Å². The van der Waals surface area contributed by atoms with E-state index < -0.39 is 5.60 Å². The number of amidine groups is 1. The second-order valence-corrected chi connectivity index (χ2v) is 6.12. The monoisotopic (exact) mass is 244 g/mol. The Morgan fingerprint density at radius 3 is 2.78 bits per heavy atom. The average Bonchev–Trinajstić information content (AvgIpc) is 2.59. The van der Waals surface area contributed by atoms with Crippen molar-refractivity contribution >= 4 is 11.5 Å². The van der Waals surface area contributed by atoms with Crippen LogP contribution in [0.4, 0.5) is 5.69 Å². The van der Waals surface area contributed by atoms with Crippen molar-refractivity contribution < 1.29 is 5.11 Å². The Morgan fingerprint density at radius 2 is 2.06 bits per heavy atom. The number of fused-ring (bicyclic) bond motifs is 3. The molecule has 1 aromatic rings. The largest absolute Gasteiger partial charge is 0.377 e. The minimum atomic E-state index is -0.896. The highest BCUT2D eigenvalue weighted by molar-refractivity contribution is 6.10. The second kappa shape index (κ2) is 3.58. The summed E-state index contributed by atoms with van der Waals surface area (Å²) in [5.41, 5.74) is 1.39. The van der Waals surface area contributed by atoms with Crippen molar-refractivity contribution in [1.82, 2.24) is 0 Å². The summed E-state index contributed by atoms with van der Waals surface area (Å²) in [7, 11) is 0. The van der Waals surface area contributed by atoms with Crippen molar-refractivity contribution in [3.05, 3.63) is 29.8 Å². The zero-order valence-corrected chi connectivity index (χ0v) is 11.3. The lowest BCUT2D eigenvalue weighted by Crippen LogP contribution is -2.48. The normalized spacial score (nSPS) is 28.7. The number of benzene rings is 1. The summed E-state index contributed by atoms with van der Waals surface area (Å²) in [6, 6.07) is 8.12. The summed E-state index contributed by atoms with van der Waals surface area (Å²) in [6.07, 6.45) is 0.666. The summed E-state index contributed by atoms with van der Waals surface area (Å²) in [5, 5.41) is 10.9. The molecule has 1 unspecified atom stereocenters. The molecule has 1 atom stereocenters. The molecule has 3 heteroatoms. The summed E-state index contributed by atoms with van der Waals surface area (Å²) in [5.74, 6) is 0.838. The van der Waals surface area contributed by atoms with Crippen LogP contribution in [0, 0.1) is 5.41 Å². The highest BCUT2D eigenvalue weighted by atomic mass is 16.3. The maximum atomic E-state index is 10.9. The van der Waals surface area contributed by atoms with Gasteiger partial charge in [0.25, 0.3) is 0 Å². The molecular weight excluding hydrogens is 224 g/mol. The molecule has 18 heavy (non-hydrogen) atoms. The standard InChI is InChI=1S/C15H20N2O/c1-4-15(18)11-7-5-6-8-12(11)17-10-14(2,3)9-16-13(15)17/h5-8,18H,4,9-10H2,1-3H3. The number of para-hydroxylation sites is 1. The lowest BCUT2D eigenvalue weighted by molar-refractivity contribution is 0.109. The van der Waals surface area contributed by atoms with Crippen molar-refractivity contribution in [3.63, 3.8) is 0 Å². The van der Waals surface area contributed by atoms with Gasteiger partial charge in [-0.1, -0.05) is 39.0 Å². The zero-order valence-electron chi connectivity index (χ0n) is 11.3. The first-order chi connectivity index (χ1) is 8.48. The summed E-state index contributed by atoms with van der Waals surface area (Å²) >= 11 is 0. The van der Waals surface area contributed by atoms with Gasteiger partial charge in [-0.2, -0.15) is 0 Å². The third kappa shape index (κ3) is 1.43. The summed E-state index contributed by atoms with van der Waals surface area (Å²) < 4.78 is 0. The highest BCUT2D eigenvalue weighted by Crippen LogP contribution is 2.45. The van der Waals surface area contributed by atoms with E-state index in [-0.39, 0.29) is 5.41 Å². The van der Waals surface area contributed by atoms with E-state index in [1.807, 2.05) is 25.1 Å². The molecule has 3 rings (SSSR count). The highest BCUT2D eigenvalue weighted by Gasteiger charge is 2.48. The molecule has 1 aromatic carbocycles. The molecule has 3 nitrogen and oxygen atoms in total. The fourth-order valence-electron chi connectivity index (χ4n) is 3.01. The smallest absolute Gasteiger partial charge is 0.148 e. The Hall–Kier alpha value is -1.35. The molecule has 0 aromatic heterocycles. The molecule has 0 aliphatic carbocycles. The van der Waals surface area contributed by atoms with E-state index in [4.69, 9.17) is 0 Å². The first-order valence-electron chi connectivity index (χ1n) is 6.62. The zero-order chi connectivity index (χ0) is 13.0. The predicted octanol–water partition coefficient (Wildman–Crippen LogP) is 2.54. The SMILES string of the molecule is CCC1(O)C2=NCC(C)(C)CN2c2ccccc21. The van der Waals surface area contributed by atoms with Gasteiger partial charge >= 0.3 is 0 Å². The van der Waals surface area contributed by atoms with Crippen molar-refractivity contribution in [2.75, 3.05) is 18.0 Å². The Labute approximate surface area is 108 Å². The van der Waals surface area contributed by atoms with Gasteiger partial charge < -0.3 is 10.0 Å². The van der Waals surface area contributed by atoms with Crippen LogP contribution >= 0.6 is 0 Å². The minimum Gasteiger partial charge on any atom is -0.377 e. The molecular formula is C15H20N2O. The first kappa shape index (κ1) is 11.7. The number of hydrogen-bond donors (Lipinski definition) is 1. The van der Waals surface area contributed by atoms with Gasteiger partial charge in [0.2, 0.25) is 0 Å². The maximum absolute atomic E-state index is 10.9. The van der Waals surface area contributed by atoms with E-state index in [0.717, 1.165) is 30.2 Å². The summed E-state index contributed by atoms with van der Waals surface area (Å²) in [6.45, 7) is 8.17. The van der Waals surface area contributed by atoms with E-state index in [0.29, 0.717) is 6.42 Å². The molecule has 0 fully saturated rings. The Bertz CT molecular complexity index is 521. The topological polar surface area (TPSA) is 35.8 Å². The van der Waals surface area contributed by atoms with Crippen molar-refractivity contribution in [2.45, 2.75) is 32.8 Å². The van der Waals surface area contributed by atoms with Gasteiger partial charge in [0.1, 0.15) is 11.4 Å². The van der Waals surface area contributed by atoms with Gasteiger partial charge in [-0.3, -0.25) is 4.99 Å². The van der Waals surface area contributed by atoms with Crippen molar-refractivity contribution in [1.29, 1.82) is 0 Å². The lowest BCUT2D eigenvalue weighted by atomic mass is 9.89. The van der Waals surface area contributed by atoms with Gasteiger partial charge in [-0.25, -0.2) is 0 Å². The average molecular weight is 244 g/mol. The Kier molecular flexibility index (Phi) is 2.33. The number of nitrogens with zero attached hydrogens (tertiary/aromatic N) is 2. The molecule has 0 saturated carbocycles. The van der Waals surface area contributed by atoms with E-state index in [1.54, 1.807) is 0 Å². The van der Waals surface area contributed by atoms with Gasteiger partial charge in [0, 0.05) is 29.8 Å². The van der Waals surface area contributed by atoms with E-state index in [1.165, 1.54) is 0 Å². The Morgan fingerprint density at radius 1 is 1.33 bits per heavy atom. The van der Waals surface area contributed by atoms with Crippen LogP contribution in [-0.2, 0) is 5.60 Å². The second-order valence-electron chi connectivity index (χ2n) is 6.12. The lowest BCUT2D eigenvalue weighted by Gasteiger charge is -2.37. The van der Waals surface area contributed by atoms with Crippen LogP contribution in [0.25, 0.3) is 0 Å². The number of aliphatic hydroxyl groups is 1. The Balaban J connectivity index is 2.19. The van der Waals surface area contributed by atoms with Crippen LogP contribution in [-0.4, -0.2) is 24.0 Å². The quantitative estimate of drug-likeness (QED) is 0.824. The molecule has 0 saturated heterocycles. The first-order valence-corrected chi connectivity index (χ1v) is 6.62. The minimum absolute atomic E-state index is 0.162. The number of hydrogen-bond acceptors (Lipinski definition) is 3. The molecule has 0 radical (unpaired) electrons. The van der Waals surface area contributed by atoms with E-state index >= 15 is 0 Å². The number of rotatable bonds is 1. The van der Waals surface area contributed by atoms with Crippen LogP contribution in [0.5, 0.6) is 0 Å². The van der Waals surface area contributed by atoms with Gasteiger partial charge in [-0.05, 0) is 12.5 Å². The van der Waals surface area contributed by atoms with Gasteiger partial charge in [-0.15, -0.1) is 0 Å². The fraction of sp³-hybridized carbons (Fsp3) is 0.533. The number of anilines is 1. The maximum Gasteiger partial charge on any atom is 0.148 e. The van der Waals surface area contributed by atoms with Gasteiger partial charge in [0.05, 0.1) is 0 Å². The molecule has 0 spiro atoms. The summed E-state index contributed by atoms with van der Waals surface area (Å²) in [4.78, 5) is 6.87. The molecule has 96 valence electrons. The third-order valence-electron chi connectivity index (χ3n) is 4.02. The molecule has 2 heterocycles. The molecule has 2 aliphatic rings. The van der Waals surface area contributed by atoms with Crippen LogP contribution in [0.15, 0.2) is 29.3 Å². The molecule has 0 bridgehead atoms. The number of aliphatic imine (C=N–C) groups is 1. The van der Waals surface area contributed by atoms with E-state index in [9.17, 15) is 5.11 Å². The van der Waals surface area contributed by atoms with Crippen molar-refractivity contribution in [3.8, 4) is 0 Å². The van der Waals surface area contributed by atoms with Crippen LogP contribution < -0.4 is 4.90 Å². The van der Waals surface area contributed by atoms with Crippen LogP contribution in [0.3, 0.4) is 0 Å². The van der Waals surface area contributed by atoms with Gasteiger partial charge in [0.15, 0.2) is 0 Å². The van der Waals surface area contributed by atoms with Crippen LogP contribution in [0.2, 0.25) is 0 Å². The third-order valence-corrected chi connectivity index (χ3v) is 4.02. The molecule has 2 aliphatic heterocycles. The fourth-order valence-corrected chi connectivity index (χ4v) is 3.01. The molecule has 1 N–H and O–H groups in total. The molecule has 0 amide bonds. The van der Waals surface area contributed by atoms with Crippen molar-refractivity contribution in [2.24, 2.45) is 10.4 Å².